The normalized spacial score (nSPS) is 21.4. The Kier molecular flexibility index (Phi) is 3.60. The van der Waals surface area contributed by atoms with E-state index in [1.165, 1.54) is 0 Å². The number of rotatable bonds is 4. The fraction of sp³-hybridized carbons (Fsp3) is 0.583. The SMILES string of the molecule is CN(CC#N)C1CCN(Cc2ccco2)C1. The lowest BCUT2D eigenvalue weighted by molar-refractivity contribution is 0.240. The van der Waals surface area contributed by atoms with Crippen LogP contribution in [0.5, 0.6) is 0 Å². The highest BCUT2D eigenvalue weighted by atomic mass is 16.3. The van der Waals surface area contributed by atoms with Crippen molar-refractivity contribution >= 4 is 0 Å². The van der Waals surface area contributed by atoms with Crippen LogP contribution in [0.2, 0.25) is 0 Å². The van der Waals surface area contributed by atoms with Crippen LogP contribution in [0.3, 0.4) is 0 Å². The molecule has 0 N–H and O–H groups in total. The third-order valence-corrected chi connectivity index (χ3v) is 3.15. The minimum Gasteiger partial charge on any atom is -0.468 e. The van der Waals surface area contributed by atoms with Gasteiger partial charge in [0.25, 0.3) is 0 Å². The number of nitrogens with zero attached hydrogens (tertiary/aromatic N) is 3. The molecule has 1 saturated heterocycles. The summed E-state index contributed by atoms with van der Waals surface area (Å²) in [6, 6.07) is 6.63. The van der Waals surface area contributed by atoms with Crippen molar-refractivity contribution in [2.45, 2.75) is 19.0 Å². The molecule has 2 heterocycles. The van der Waals surface area contributed by atoms with Gasteiger partial charge in [-0.05, 0) is 25.6 Å². The van der Waals surface area contributed by atoms with Gasteiger partial charge in [0.15, 0.2) is 0 Å². The number of likely N-dealkylation sites (tertiary alicyclic amines) is 1. The predicted octanol–water partition coefficient (Wildman–Crippen LogP) is 1.31. The summed E-state index contributed by atoms with van der Waals surface area (Å²) >= 11 is 0. The molecular weight excluding hydrogens is 202 g/mol. The van der Waals surface area contributed by atoms with Crippen LogP contribution in [0.1, 0.15) is 12.2 Å². The molecule has 0 aromatic carbocycles. The fourth-order valence-electron chi connectivity index (χ4n) is 2.18. The molecule has 0 aliphatic carbocycles. The zero-order valence-electron chi connectivity index (χ0n) is 9.59. The van der Waals surface area contributed by atoms with E-state index in [1.807, 2.05) is 19.2 Å². The lowest BCUT2D eigenvalue weighted by Gasteiger charge is -2.21. The Hall–Kier alpha value is -1.31. The van der Waals surface area contributed by atoms with Crippen LogP contribution in [0.4, 0.5) is 0 Å². The van der Waals surface area contributed by atoms with Crippen LogP contribution in [-0.4, -0.2) is 42.5 Å². The van der Waals surface area contributed by atoms with Gasteiger partial charge in [0.1, 0.15) is 5.76 Å². The van der Waals surface area contributed by atoms with Crippen LogP contribution in [0.25, 0.3) is 0 Å². The Morgan fingerprint density at radius 2 is 2.56 bits per heavy atom. The van der Waals surface area contributed by atoms with Crippen LogP contribution in [-0.2, 0) is 6.54 Å². The van der Waals surface area contributed by atoms with Crippen molar-refractivity contribution in [3.05, 3.63) is 24.2 Å². The average molecular weight is 219 g/mol. The van der Waals surface area contributed by atoms with Gasteiger partial charge < -0.3 is 4.42 Å². The van der Waals surface area contributed by atoms with Crippen molar-refractivity contribution in [3.63, 3.8) is 0 Å². The van der Waals surface area contributed by atoms with E-state index in [0.29, 0.717) is 12.6 Å². The summed E-state index contributed by atoms with van der Waals surface area (Å²) in [5, 5.41) is 8.65. The van der Waals surface area contributed by atoms with E-state index in [0.717, 1.165) is 31.8 Å². The fourth-order valence-corrected chi connectivity index (χ4v) is 2.18. The molecule has 1 aliphatic heterocycles. The molecule has 0 saturated carbocycles. The van der Waals surface area contributed by atoms with Crippen molar-refractivity contribution in [3.8, 4) is 6.07 Å². The summed E-state index contributed by atoms with van der Waals surface area (Å²) in [7, 11) is 2.02. The Labute approximate surface area is 96.1 Å². The van der Waals surface area contributed by atoms with E-state index in [9.17, 15) is 0 Å². The topological polar surface area (TPSA) is 43.4 Å². The van der Waals surface area contributed by atoms with Crippen molar-refractivity contribution in [2.24, 2.45) is 0 Å². The van der Waals surface area contributed by atoms with Crippen molar-refractivity contribution in [1.82, 2.24) is 9.80 Å². The maximum absolute atomic E-state index is 8.65. The van der Waals surface area contributed by atoms with Crippen LogP contribution >= 0.6 is 0 Å². The number of nitriles is 1. The van der Waals surface area contributed by atoms with Gasteiger partial charge in [0, 0.05) is 19.1 Å². The molecule has 4 heteroatoms. The quantitative estimate of drug-likeness (QED) is 0.716. The molecule has 0 bridgehead atoms. The van der Waals surface area contributed by atoms with Crippen LogP contribution < -0.4 is 0 Å². The Balaban J connectivity index is 1.82. The molecule has 16 heavy (non-hydrogen) atoms. The summed E-state index contributed by atoms with van der Waals surface area (Å²) in [5.74, 6) is 1.02. The molecule has 0 amide bonds. The smallest absolute Gasteiger partial charge is 0.117 e. The number of likely N-dealkylation sites (N-methyl/N-ethyl adjacent to an activating group) is 1. The standard InChI is InChI=1S/C12H17N3O/c1-14(7-5-13)11-4-6-15(9-11)10-12-3-2-8-16-12/h2-3,8,11H,4,6-7,9-10H2,1H3. The molecule has 1 aromatic rings. The molecule has 0 spiro atoms. The summed E-state index contributed by atoms with van der Waals surface area (Å²) < 4.78 is 5.33. The van der Waals surface area contributed by atoms with E-state index in [2.05, 4.69) is 15.9 Å². The summed E-state index contributed by atoms with van der Waals surface area (Å²) in [4.78, 5) is 4.50. The minimum atomic E-state index is 0.509. The minimum absolute atomic E-state index is 0.509. The summed E-state index contributed by atoms with van der Waals surface area (Å²) in [6.45, 7) is 3.50. The molecule has 1 aromatic heterocycles. The largest absolute Gasteiger partial charge is 0.468 e. The highest BCUT2D eigenvalue weighted by molar-refractivity contribution is 4.99. The zero-order valence-corrected chi connectivity index (χ0v) is 9.59. The Morgan fingerprint density at radius 3 is 3.25 bits per heavy atom. The first-order valence-electron chi connectivity index (χ1n) is 5.61. The Bertz CT molecular complexity index is 355. The first-order chi connectivity index (χ1) is 7.79. The molecule has 1 fully saturated rings. The van der Waals surface area contributed by atoms with Gasteiger partial charge in [-0.2, -0.15) is 5.26 Å². The molecule has 1 atom stereocenters. The molecule has 1 unspecified atom stereocenters. The van der Waals surface area contributed by atoms with E-state index >= 15 is 0 Å². The van der Waals surface area contributed by atoms with Crippen LogP contribution in [0, 0.1) is 11.3 Å². The molecule has 1 aliphatic rings. The maximum atomic E-state index is 8.65. The second-order valence-electron chi connectivity index (χ2n) is 4.33. The number of furan rings is 1. The van der Waals surface area contributed by atoms with Crippen molar-refractivity contribution in [1.29, 1.82) is 5.26 Å². The highest BCUT2D eigenvalue weighted by Gasteiger charge is 2.25. The van der Waals surface area contributed by atoms with E-state index in [-0.39, 0.29) is 0 Å². The number of hydrogen-bond donors (Lipinski definition) is 0. The van der Waals surface area contributed by atoms with Gasteiger partial charge in [-0.25, -0.2) is 0 Å². The molecule has 4 nitrogen and oxygen atoms in total. The van der Waals surface area contributed by atoms with Gasteiger partial charge in [0.05, 0.1) is 25.4 Å². The lowest BCUT2D eigenvalue weighted by atomic mass is 10.2. The van der Waals surface area contributed by atoms with Gasteiger partial charge in [0.2, 0.25) is 0 Å². The molecular formula is C12H17N3O. The van der Waals surface area contributed by atoms with Crippen molar-refractivity contribution < 1.29 is 4.42 Å². The van der Waals surface area contributed by atoms with E-state index in [1.54, 1.807) is 6.26 Å². The zero-order chi connectivity index (χ0) is 11.4. The second kappa shape index (κ2) is 5.15. The third-order valence-electron chi connectivity index (χ3n) is 3.15. The van der Waals surface area contributed by atoms with Crippen molar-refractivity contribution in [2.75, 3.05) is 26.7 Å². The monoisotopic (exact) mass is 219 g/mol. The molecule has 86 valence electrons. The van der Waals surface area contributed by atoms with Gasteiger partial charge >= 0.3 is 0 Å². The molecule has 0 radical (unpaired) electrons. The van der Waals surface area contributed by atoms with Crippen LogP contribution in [0.15, 0.2) is 22.8 Å². The summed E-state index contributed by atoms with van der Waals surface area (Å²) in [6.07, 6.45) is 2.85. The first kappa shape index (κ1) is 11.2. The predicted molar refractivity (Wildman–Crippen MR) is 60.6 cm³/mol. The van der Waals surface area contributed by atoms with Gasteiger partial charge in [-0.1, -0.05) is 0 Å². The first-order valence-corrected chi connectivity index (χ1v) is 5.61. The number of hydrogen-bond acceptors (Lipinski definition) is 4. The average Bonchev–Trinajstić information content (AvgIpc) is 2.90. The maximum Gasteiger partial charge on any atom is 0.117 e. The second-order valence-corrected chi connectivity index (χ2v) is 4.33. The molecule has 2 rings (SSSR count). The van der Waals surface area contributed by atoms with Gasteiger partial charge in [-0.3, -0.25) is 9.80 Å². The van der Waals surface area contributed by atoms with Gasteiger partial charge in [-0.15, -0.1) is 0 Å². The summed E-state index contributed by atoms with van der Waals surface area (Å²) in [5.41, 5.74) is 0. The lowest BCUT2D eigenvalue weighted by Crippen LogP contribution is -2.34. The van der Waals surface area contributed by atoms with E-state index in [4.69, 9.17) is 9.68 Å². The van der Waals surface area contributed by atoms with E-state index < -0.39 is 0 Å². The third kappa shape index (κ3) is 2.63. The Morgan fingerprint density at radius 1 is 1.69 bits per heavy atom. The highest BCUT2D eigenvalue weighted by Crippen LogP contribution is 2.16.